The van der Waals surface area contributed by atoms with Gasteiger partial charge < -0.3 is 16.0 Å². The number of anilines is 9. The van der Waals surface area contributed by atoms with E-state index in [4.69, 9.17) is 30.3 Å². The number of fused-ring (bicyclic) bond motifs is 15. The molecular formula is C85H76BrF5N20O4. The highest BCUT2D eigenvalue weighted by Gasteiger charge is 2.53. The number of nitrogens with zero attached hydrogens (tertiary/aromatic N) is 17. The molecule has 3 N–H and O–H groups in total. The minimum atomic E-state index is -5.18. The summed E-state index contributed by atoms with van der Waals surface area (Å²) in [5.41, 5.74) is 9.64. The van der Waals surface area contributed by atoms with E-state index in [0.29, 0.717) is 87.4 Å². The van der Waals surface area contributed by atoms with Gasteiger partial charge in [0, 0.05) is 55.5 Å². The number of nitrogens with one attached hydrogen (secondary N) is 3. The van der Waals surface area contributed by atoms with Gasteiger partial charge >= 0.3 is 6.18 Å². The number of pyridine rings is 2. The first-order chi connectivity index (χ1) is 55.7. The van der Waals surface area contributed by atoms with Crippen LogP contribution in [0.15, 0.2) is 209 Å². The fourth-order valence-electron chi connectivity index (χ4n) is 16.9. The highest BCUT2D eigenvalue weighted by atomic mass is 79.9. The third-order valence-electron chi connectivity index (χ3n) is 22.6. The number of Topliss-reactive ketones (excluding diaryl/α,β-unsaturated/α-hetero) is 1. The molecule has 0 bridgehead atoms. The first kappa shape index (κ1) is 73.7. The maximum absolute atomic E-state index is 14.6. The Kier molecular flexibility index (Phi) is 19.0. The molecule has 30 heteroatoms. The molecule has 3 fully saturated rings. The average molecular weight is 1620 g/mol. The van der Waals surface area contributed by atoms with Crippen molar-refractivity contribution in [2.45, 2.75) is 125 Å². The first-order valence-corrected chi connectivity index (χ1v) is 39.2. The highest BCUT2D eigenvalue weighted by Crippen LogP contribution is 2.48. The predicted octanol–water partition coefficient (Wildman–Crippen LogP) is 15.9. The van der Waals surface area contributed by atoms with Gasteiger partial charge in [0.15, 0.2) is 17.5 Å². The van der Waals surface area contributed by atoms with Crippen LogP contribution in [-0.2, 0) is 13.1 Å². The van der Waals surface area contributed by atoms with Crippen LogP contribution in [0.2, 0.25) is 0 Å². The van der Waals surface area contributed by atoms with Crippen LogP contribution >= 0.6 is 15.9 Å². The zero-order valence-corrected chi connectivity index (χ0v) is 64.4. The predicted molar refractivity (Wildman–Crippen MR) is 432 cm³/mol. The van der Waals surface area contributed by atoms with Gasteiger partial charge in [-0.05, 0) is 154 Å². The molecule has 582 valence electrons. The fraction of sp³-hybridized carbons (Fsp3) is 0.271. The number of carbonyl (C=O) groups is 4. The van der Waals surface area contributed by atoms with E-state index in [2.05, 4.69) is 82.0 Å². The molecule has 24 nitrogen and oxygen atoms in total. The van der Waals surface area contributed by atoms with E-state index >= 15 is 0 Å². The lowest BCUT2D eigenvalue weighted by atomic mass is 10.1. The maximum Gasteiger partial charge on any atom is 0.454 e. The summed E-state index contributed by atoms with van der Waals surface area (Å²) >= 11 is 3.91. The minimum absolute atomic E-state index is 0.0645. The first-order valence-electron chi connectivity index (χ1n) is 38.2. The van der Waals surface area contributed by atoms with Gasteiger partial charge in [-0.25, -0.2) is 38.4 Å². The molecule has 0 saturated heterocycles. The van der Waals surface area contributed by atoms with Gasteiger partial charge in [0.2, 0.25) is 23.8 Å². The van der Waals surface area contributed by atoms with Gasteiger partial charge in [0.05, 0.1) is 66.3 Å². The summed E-state index contributed by atoms with van der Waals surface area (Å²) < 4.78 is 71.9. The molecule has 7 atom stereocenters. The summed E-state index contributed by atoms with van der Waals surface area (Å²) in [7, 11) is 5.26. The maximum atomic E-state index is 14.6. The van der Waals surface area contributed by atoms with Gasteiger partial charge in [0.1, 0.15) is 44.9 Å². The number of hydrogen-bond acceptors (Lipinski definition) is 18. The lowest BCUT2D eigenvalue weighted by Crippen LogP contribution is -2.51. The van der Waals surface area contributed by atoms with E-state index in [1.54, 1.807) is 36.0 Å². The van der Waals surface area contributed by atoms with Crippen LogP contribution in [0.3, 0.4) is 0 Å². The smallest absolute Gasteiger partial charge is 0.340 e. The van der Waals surface area contributed by atoms with Crippen LogP contribution in [0.5, 0.6) is 0 Å². The third kappa shape index (κ3) is 13.5. The van der Waals surface area contributed by atoms with E-state index in [1.807, 2.05) is 156 Å². The minimum Gasteiger partial charge on any atom is -0.340 e. The van der Waals surface area contributed by atoms with Crippen molar-refractivity contribution in [3.8, 4) is 22.5 Å². The van der Waals surface area contributed by atoms with E-state index in [1.165, 1.54) is 21.7 Å². The number of aryl methyl sites for hydroxylation is 1. The molecule has 115 heavy (non-hydrogen) atoms. The summed E-state index contributed by atoms with van der Waals surface area (Å²) in [6.45, 7) is 2.42. The number of aromatic nitrogens is 8. The Balaban J connectivity index is 0.000000120. The molecule has 6 aromatic carbocycles. The Bertz CT molecular complexity index is 5740. The molecule has 11 heterocycles. The largest absolute Gasteiger partial charge is 0.454 e. The molecule has 1 unspecified atom stereocenters. The summed E-state index contributed by atoms with van der Waals surface area (Å²) in [4.78, 5) is 86.6. The zero-order chi connectivity index (χ0) is 79.2. The van der Waals surface area contributed by atoms with Crippen molar-refractivity contribution >= 4 is 109 Å². The number of hydrogen-bond donors (Lipinski definition) is 3. The molecule has 5 aromatic heterocycles. The fourth-order valence-corrected chi connectivity index (χ4v) is 17.5. The Labute approximate surface area is 665 Å². The Morgan fingerprint density at radius 3 is 1.38 bits per heavy atom. The number of halogens is 6. The van der Waals surface area contributed by atoms with Crippen LogP contribution in [-0.4, -0.2) is 159 Å². The van der Waals surface area contributed by atoms with Crippen LogP contribution in [0.1, 0.15) is 126 Å². The van der Waals surface area contributed by atoms with E-state index in [0.717, 1.165) is 115 Å². The Morgan fingerprint density at radius 2 is 0.930 bits per heavy atom. The number of alkyl halides is 4. The van der Waals surface area contributed by atoms with Crippen LogP contribution in [0.4, 0.5) is 73.9 Å². The molecule has 20 rings (SSSR count). The molecule has 6 aliphatic heterocycles. The third-order valence-corrected chi connectivity index (χ3v) is 23.5. The van der Waals surface area contributed by atoms with Crippen LogP contribution in [0.25, 0.3) is 22.5 Å². The number of para-hydroxylation sites is 3. The molecule has 3 saturated carbocycles. The summed E-state index contributed by atoms with van der Waals surface area (Å²) in [6, 6.07) is 57.8. The quantitative estimate of drug-likeness (QED) is 0.0374. The lowest BCUT2D eigenvalue weighted by molar-refractivity contribution is -0.0887. The number of carbonyl (C=O) groups excluding carboxylic acids is 4. The average Bonchev–Trinajstić information content (AvgIpc) is 1.57. The van der Waals surface area contributed by atoms with Gasteiger partial charge in [0.25, 0.3) is 23.5 Å². The van der Waals surface area contributed by atoms with Crippen LogP contribution < -0.4 is 30.7 Å². The Hall–Kier alpha value is -12.7. The van der Waals surface area contributed by atoms with Gasteiger partial charge in [-0.3, -0.25) is 53.6 Å². The summed E-state index contributed by atoms with van der Waals surface area (Å²) in [5.74, 6) is 0.815. The normalized spacial score (nSPS) is 20.1. The van der Waals surface area contributed by atoms with Crippen LogP contribution in [0, 0.1) is 18.7 Å². The second kappa shape index (κ2) is 29.7. The molecule has 0 radical (unpaired) electrons. The SMILES string of the molecule is CN1C(=O)c2c(nn(Cc3ccc(-c4cccc(F)n4)cc3)c2Nc2ccccc2)N2C1=N[C@@H]1CCC[C@@H]12.CN1C(=O)c2c(nn(Cc3ccc(C(=O)C(F)(F)F)c(F)c3)c2Nc2ccccc2)N2C1=N[C@@H]1CCC[C@@H]12.Cc1ccc(-c2ccc(C(Br)n3nc4c(c3Nc3ccccc3)C(=O)N(C)C3=N[C@@H]5CCC[C@@H]5N34)cc2)nc1. The highest BCUT2D eigenvalue weighted by molar-refractivity contribution is 9.09. The molecule has 11 aromatic rings. The van der Waals surface area contributed by atoms with Crippen molar-refractivity contribution in [1.82, 2.24) is 54.0 Å². The number of guanidine groups is 3. The molecule has 3 aliphatic carbocycles. The van der Waals surface area contributed by atoms with Gasteiger partial charge in [-0.1, -0.05) is 137 Å². The molecule has 0 spiro atoms. The van der Waals surface area contributed by atoms with E-state index < -0.39 is 29.3 Å². The number of ketones is 1. The molecule has 9 aliphatic rings. The number of benzene rings is 6. The standard InChI is InChI=1S/C30H28BrN7O.C29H26FN7O.C26H22F4N6O2/c1-18-11-16-22(32-17-18)19-12-14-20(15-13-19)26(31)38-27(33-21-7-4-3-5-8-21)25-28(35-38)37-24-10-6-9-23(24)34-30(37)36(2)29(25)39;1-35-28(38)25-26(31-20-7-3-2-4-8-20)36(34-27(25)37-23-11-5-10-22(23)33-29(35)37)17-18-13-15-19(16-14-18)21-9-6-12-24(30)32-21;1-34-24(38)20-22(31-15-6-3-2-4-7-15)35(33-23(20)36-19-9-5-8-18(19)32-25(34)36)13-14-10-11-16(17(27)12-14)21(37)26(28,29)30/h3-5,7-8,11-17,23-24,26,33H,6,9-10H2,1-2H3;2-4,6-9,12-16,22-23,31H,5,10-11,17H2,1H3;2-4,6-7,10-12,18-19,31H,5,8-9,13H2,1H3/t23-,24+,26?;22-,23+;18-,19+/m111/s1. The number of aliphatic imine (C=N–C) groups is 3. The van der Waals surface area contributed by atoms with E-state index in [-0.39, 0.29) is 71.0 Å². The van der Waals surface area contributed by atoms with Gasteiger partial charge in [-0.15, -0.1) is 0 Å². The molecular weight excluding hydrogens is 1540 g/mol. The lowest BCUT2D eigenvalue weighted by Gasteiger charge is -2.34. The van der Waals surface area contributed by atoms with Crippen molar-refractivity contribution in [3.05, 3.63) is 251 Å². The Morgan fingerprint density at radius 1 is 0.496 bits per heavy atom. The van der Waals surface area contributed by atoms with Gasteiger partial charge in [-0.2, -0.15) is 32.9 Å². The van der Waals surface area contributed by atoms with Crippen molar-refractivity contribution in [1.29, 1.82) is 0 Å². The number of amides is 3. The number of rotatable bonds is 15. The van der Waals surface area contributed by atoms with E-state index in [9.17, 15) is 41.1 Å². The van der Waals surface area contributed by atoms with Crippen molar-refractivity contribution < 1.29 is 41.1 Å². The summed E-state index contributed by atoms with van der Waals surface area (Å²) in [5, 5.41) is 25.1. The summed E-state index contributed by atoms with van der Waals surface area (Å²) in [6.07, 6.45) is 5.92. The van der Waals surface area contributed by atoms with Crippen molar-refractivity contribution in [2.24, 2.45) is 15.0 Å². The zero-order valence-electron chi connectivity index (χ0n) is 62.8. The van der Waals surface area contributed by atoms with Crippen molar-refractivity contribution in [3.63, 3.8) is 0 Å². The topological polar surface area (TPSA) is 240 Å². The second-order valence-electron chi connectivity index (χ2n) is 29.9. The monoisotopic (exact) mass is 1610 g/mol. The second-order valence-corrected chi connectivity index (χ2v) is 30.8. The van der Waals surface area contributed by atoms with Crippen molar-refractivity contribution in [2.75, 3.05) is 51.8 Å². The molecule has 3 amide bonds.